The molecule has 1 amide bonds. The van der Waals surface area contributed by atoms with Crippen molar-refractivity contribution in [1.82, 2.24) is 5.32 Å². The smallest absolute Gasteiger partial charge is 0.328 e. The summed E-state index contributed by atoms with van der Waals surface area (Å²) in [5, 5.41) is 2.81. The summed E-state index contributed by atoms with van der Waals surface area (Å²) in [6.07, 6.45) is 0.325. The van der Waals surface area contributed by atoms with Crippen LogP contribution in [0, 0.1) is 5.92 Å². The van der Waals surface area contributed by atoms with Gasteiger partial charge in [0.25, 0.3) is 5.91 Å². The molecule has 5 heteroatoms. The van der Waals surface area contributed by atoms with Gasteiger partial charge in [-0.25, -0.2) is 4.79 Å². The number of amides is 1. The summed E-state index contributed by atoms with van der Waals surface area (Å²) in [5.41, 5.74) is 4.18. The van der Waals surface area contributed by atoms with Gasteiger partial charge < -0.3 is 10.1 Å². The molecule has 0 heterocycles. The van der Waals surface area contributed by atoms with Crippen molar-refractivity contribution < 1.29 is 19.1 Å². The third kappa shape index (κ3) is 5.99. The molecule has 1 aliphatic rings. The van der Waals surface area contributed by atoms with Crippen molar-refractivity contribution in [1.29, 1.82) is 0 Å². The van der Waals surface area contributed by atoms with E-state index in [1.807, 2.05) is 66.7 Å². The van der Waals surface area contributed by atoms with Gasteiger partial charge in [0.15, 0.2) is 5.78 Å². The van der Waals surface area contributed by atoms with Crippen LogP contribution in [0.25, 0.3) is 0 Å². The predicted octanol–water partition coefficient (Wildman–Crippen LogP) is 5.97. The summed E-state index contributed by atoms with van der Waals surface area (Å²) in [7, 11) is 0. The Balaban J connectivity index is 1.31. The minimum absolute atomic E-state index is 0.0677. The Morgan fingerprint density at radius 1 is 0.692 bits per heavy atom. The van der Waals surface area contributed by atoms with E-state index in [0.717, 1.165) is 16.7 Å². The number of Topliss-reactive ketones (excluding diaryl/α,β-unsaturated/α-hetero) is 1. The average molecular weight is 518 g/mol. The first kappa shape index (κ1) is 26.1. The third-order valence-corrected chi connectivity index (χ3v) is 7.28. The van der Waals surface area contributed by atoms with Crippen LogP contribution in [0.4, 0.5) is 0 Å². The highest BCUT2D eigenvalue weighted by atomic mass is 16.5. The highest BCUT2D eigenvalue weighted by Crippen LogP contribution is 2.61. The summed E-state index contributed by atoms with van der Waals surface area (Å²) in [6, 6.07) is 35.7. The fourth-order valence-electron chi connectivity index (χ4n) is 5.32. The Hall–Kier alpha value is -4.51. The van der Waals surface area contributed by atoms with E-state index in [9.17, 15) is 14.4 Å². The molecule has 0 bridgehead atoms. The van der Waals surface area contributed by atoms with Crippen molar-refractivity contribution in [2.45, 2.75) is 31.2 Å². The fraction of sp³-hybridized carbons (Fsp3) is 0.206. The molecule has 4 aromatic rings. The van der Waals surface area contributed by atoms with E-state index in [2.05, 4.69) is 29.6 Å². The lowest BCUT2D eigenvalue weighted by Gasteiger charge is -2.17. The molecule has 39 heavy (non-hydrogen) atoms. The summed E-state index contributed by atoms with van der Waals surface area (Å²) < 4.78 is 5.19. The minimum Gasteiger partial charge on any atom is -0.464 e. The molecule has 3 atom stereocenters. The van der Waals surface area contributed by atoms with Crippen LogP contribution in [0.5, 0.6) is 0 Å². The summed E-state index contributed by atoms with van der Waals surface area (Å²) in [5.74, 6) is -0.723. The van der Waals surface area contributed by atoms with Crippen molar-refractivity contribution >= 4 is 17.7 Å². The number of esters is 1. The molecule has 5 rings (SSSR count). The number of ketones is 1. The number of ether oxygens (including phenoxy) is 1. The van der Waals surface area contributed by atoms with Gasteiger partial charge >= 0.3 is 5.97 Å². The molecular weight excluding hydrogens is 486 g/mol. The largest absolute Gasteiger partial charge is 0.464 e. The van der Waals surface area contributed by atoms with Crippen LogP contribution in [-0.4, -0.2) is 30.3 Å². The van der Waals surface area contributed by atoms with Gasteiger partial charge in [-0.2, -0.15) is 0 Å². The molecule has 4 aromatic carbocycles. The maximum atomic E-state index is 13.6. The fourth-order valence-corrected chi connectivity index (χ4v) is 5.32. The Kier molecular flexibility index (Phi) is 7.97. The van der Waals surface area contributed by atoms with Crippen LogP contribution in [0.1, 0.15) is 56.2 Å². The van der Waals surface area contributed by atoms with E-state index in [0.29, 0.717) is 17.5 Å². The number of carbonyl (C=O) groups is 3. The second kappa shape index (κ2) is 11.9. The number of benzene rings is 4. The lowest BCUT2D eigenvalue weighted by Crippen LogP contribution is -2.43. The Labute approximate surface area is 228 Å². The third-order valence-electron chi connectivity index (χ3n) is 7.28. The van der Waals surface area contributed by atoms with Crippen molar-refractivity contribution in [2.75, 3.05) is 6.61 Å². The molecule has 0 radical (unpaired) electrons. The summed E-state index contributed by atoms with van der Waals surface area (Å²) in [4.78, 5) is 39.2. The van der Waals surface area contributed by atoms with Crippen molar-refractivity contribution in [3.8, 4) is 0 Å². The minimum atomic E-state index is -0.814. The van der Waals surface area contributed by atoms with Gasteiger partial charge in [-0.15, -0.1) is 0 Å². The van der Waals surface area contributed by atoms with Crippen LogP contribution in [0.2, 0.25) is 0 Å². The maximum Gasteiger partial charge on any atom is 0.328 e. The van der Waals surface area contributed by atoms with Gasteiger partial charge in [-0.3, -0.25) is 9.59 Å². The van der Waals surface area contributed by atoms with E-state index in [1.165, 1.54) is 0 Å². The molecule has 0 aromatic heterocycles. The average Bonchev–Trinajstić information content (AvgIpc) is 3.74. The maximum absolute atomic E-state index is 13.6. The van der Waals surface area contributed by atoms with E-state index >= 15 is 0 Å². The van der Waals surface area contributed by atoms with Crippen LogP contribution >= 0.6 is 0 Å². The van der Waals surface area contributed by atoms with E-state index < -0.39 is 17.9 Å². The Bertz CT molecular complexity index is 1370. The molecule has 0 saturated heterocycles. The lowest BCUT2D eigenvalue weighted by molar-refractivity contribution is -0.145. The molecule has 1 saturated carbocycles. The van der Waals surface area contributed by atoms with E-state index in [1.54, 1.807) is 31.2 Å². The van der Waals surface area contributed by atoms with Gasteiger partial charge in [-0.05, 0) is 35.7 Å². The molecule has 0 spiro atoms. The molecule has 1 N–H and O–H groups in total. The normalized spacial score (nSPS) is 18.5. The number of hydrogen-bond donors (Lipinski definition) is 1. The number of hydrogen-bond acceptors (Lipinski definition) is 4. The van der Waals surface area contributed by atoms with Gasteiger partial charge in [0.1, 0.15) is 6.04 Å². The quantitative estimate of drug-likeness (QED) is 0.208. The monoisotopic (exact) mass is 517 g/mol. The first-order valence-corrected chi connectivity index (χ1v) is 13.3. The van der Waals surface area contributed by atoms with Crippen molar-refractivity contribution in [3.63, 3.8) is 0 Å². The molecule has 0 unspecified atom stereocenters. The van der Waals surface area contributed by atoms with E-state index in [-0.39, 0.29) is 30.1 Å². The second-order valence-electron chi connectivity index (χ2n) is 9.81. The van der Waals surface area contributed by atoms with Crippen molar-refractivity contribution in [2.24, 2.45) is 5.92 Å². The van der Waals surface area contributed by atoms with Crippen LogP contribution in [-0.2, 0) is 16.0 Å². The Morgan fingerprint density at radius 2 is 1.18 bits per heavy atom. The zero-order valence-corrected chi connectivity index (χ0v) is 21.8. The molecular formula is C34H31NO4. The molecule has 5 nitrogen and oxygen atoms in total. The predicted molar refractivity (Wildman–Crippen MR) is 151 cm³/mol. The van der Waals surface area contributed by atoms with Gasteiger partial charge in [0, 0.05) is 35.3 Å². The van der Waals surface area contributed by atoms with E-state index in [4.69, 9.17) is 4.74 Å². The van der Waals surface area contributed by atoms with Gasteiger partial charge in [0.05, 0.1) is 6.61 Å². The van der Waals surface area contributed by atoms with Crippen LogP contribution in [0.3, 0.4) is 0 Å². The SMILES string of the molecule is CCOC(=O)[C@H](Cc1ccccc1)NC(=O)c1ccc(C(=O)C2[C@@H](c3ccccc3)[C@@H]2c2ccccc2)cc1. The zero-order valence-electron chi connectivity index (χ0n) is 21.8. The number of nitrogens with one attached hydrogen (secondary N) is 1. The first-order chi connectivity index (χ1) is 19.1. The molecule has 1 fully saturated rings. The topological polar surface area (TPSA) is 72.5 Å². The highest BCUT2D eigenvalue weighted by molar-refractivity contribution is 6.03. The molecule has 196 valence electrons. The van der Waals surface area contributed by atoms with Crippen LogP contribution < -0.4 is 5.32 Å². The van der Waals surface area contributed by atoms with Crippen molar-refractivity contribution in [3.05, 3.63) is 143 Å². The highest BCUT2D eigenvalue weighted by Gasteiger charge is 2.55. The van der Waals surface area contributed by atoms with Gasteiger partial charge in [-0.1, -0.05) is 103 Å². The lowest BCUT2D eigenvalue weighted by atomic mass is 10.0. The van der Waals surface area contributed by atoms with Crippen LogP contribution in [0.15, 0.2) is 115 Å². The molecule has 0 aliphatic heterocycles. The standard InChI is InChI=1S/C34H31NO4/c1-2-39-34(38)28(22-23-12-6-3-7-13-23)35-33(37)27-20-18-26(19-21-27)32(36)31-29(24-14-8-4-9-15-24)30(31)25-16-10-5-11-17-25/h3-21,28-31H,2,22H2,1H3,(H,35,37)/t28-,29-,30-/m0/s1. The first-order valence-electron chi connectivity index (χ1n) is 13.3. The number of carbonyl (C=O) groups excluding carboxylic acids is 3. The Morgan fingerprint density at radius 3 is 1.69 bits per heavy atom. The second-order valence-corrected chi connectivity index (χ2v) is 9.81. The summed E-state index contributed by atoms with van der Waals surface area (Å²) in [6.45, 7) is 1.96. The number of rotatable bonds is 10. The zero-order chi connectivity index (χ0) is 27.2. The summed E-state index contributed by atoms with van der Waals surface area (Å²) >= 11 is 0. The van der Waals surface area contributed by atoms with Gasteiger partial charge in [0.2, 0.25) is 0 Å². The molecule has 1 aliphatic carbocycles.